The molecule has 2 aromatic heterocycles. The zero-order valence-corrected chi connectivity index (χ0v) is 23.8. The average Bonchev–Trinajstić information content (AvgIpc) is 3.18. The van der Waals surface area contributed by atoms with Crippen molar-refractivity contribution in [2.75, 3.05) is 33.0 Å². The Labute approximate surface area is 228 Å². The summed E-state index contributed by atoms with van der Waals surface area (Å²) < 4.78 is 7.69. The van der Waals surface area contributed by atoms with Gasteiger partial charge in [0, 0.05) is 61.3 Å². The zero-order chi connectivity index (χ0) is 27.0. The second-order valence-electron chi connectivity index (χ2n) is 10.8. The SMILES string of the molecule is COC1CN(C2CCC([C@@H](C)n3c(C)c(C(=O)NCC4C(=O)N=C(C)C=C4SC)c4cncnc43)CC2)C1. The van der Waals surface area contributed by atoms with Gasteiger partial charge in [-0.15, -0.1) is 11.8 Å². The highest BCUT2D eigenvalue weighted by Gasteiger charge is 2.37. The Kier molecular flexibility index (Phi) is 8.02. The number of nitrogens with one attached hydrogen (secondary N) is 1. The fourth-order valence-electron chi connectivity index (χ4n) is 6.41. The monoisotopic (exact) mass is 538 g/mol. The van der Waals surface area contributed by atoms with Crippen molar-refractivity contribution in [1.29, 1.82) is 0 Å². The van der Waals surface area contributed by atoms with E-state index in [-0.39, 0.29) is 24.4 Å². The fraction of sp³-hybridized carbons (Fsp3) is 0.607. The van der Waals surface area contributed by atoms with Crippen molar-refractivity contribution in [3.05, 3.63) is 34.8 Å². The molecule has 9 nitrogen and oxygen atoms in total. The number of dihydropyridines is 1. The Morgan fingerprint density at radius 1 is 1.24 bits per heavy atom. The van der Waals surface area contributed by atoms with Crippen LogP contribution in [0.1, 0.15) is 61.6 Å². The number of nitrogens with zero attached hydrogens (tertiary/aromatic N) is 5. The number of allylic oxidation sites excluding steroid dienone is 1. The summed E-state index contributed by atoms with van der Waals surface area (Å²) in [6.45, 7) is 8.37. The Balaban J connectivity index is 1.32. The predicted octanol–water partition coefficient (Wildman–Crippen LogP) is 3.78. The molecule has 38 heavy (non-hydrogen) atoms. The lowest BCUT2D eigenvalue weighted by molar-refractivity contribution is -0.120. The lowest BCUT2D eigenvalue weighted by Crippen LogP contribution is -2.56. The first-order valence-corrected chi connectivity index (χ1v) is 14.7. The van der Waals surface area contributed by atoms with Crippen LogP contribution in [0.15, 0.2) is 28.5 Å². The topological polar surface area (TPSA) is 102 Å². The van der Waals surface area contributed by atoms with E-state index in [0.29, 0.717) is 29.3 Å². The summed E-state index contributed by atoms with van der Waals surface area (Å²) in [5.74, 6) is -0.359. The van der Waals surface area contributed by atoms with E-state index in [2.05, 4.69) is 36.7 Å². The summed E-state index contributed by atoms with van der Waals surface area (Å²) in [6, 6.07) is 0.855. The lowest BCUT2D eigenvalue weighted by atomic mass is 9.80. The maximum Gasteiger partial charge on any atom is 0.255 e. The standard InChI is InChI=1S/C28H38N6O3S/c1-16-10-24(38-5)22(27(35)32-16)12-30-28(36)25-18(3)34(26-23(25)11-29-15-31-26)17(2)19-6-8-20(9-7-19)33-13-21(14-33)37-4/h10-11,15,17,19-22H,6-9,12-14H2,1-5H3,(H,30,36)/t17-,19?,20?,22?/m1/s1. The highest BCUT2D eigenvalue weighted by atomic mass is 32.2. The third-order valence-electron chi connectivity index (χ3n) is 8.68. The van der Waals surface area contributed by atoms with E-state index in [9.17, 15) is 9.59 Å². The van der Waals surface area contributed by atoms with E-state index in [1.165, 1.54) is 24.6 Å². The number of aliphatic imine (C=N–C) groups is 1. The van der Waals surface area contributed by atoms with Crippen molar-refractivity contribution in [1.82, 2.24) is 24.8 Å². The van der Waals surface area contributed by atoms with Gasteiger partial charge in [0.15, 0.2) is 0 Å². The molecule has 3 aliphatic rings. The minimum Gasteiger partial charge on any atom is -0.379 e. The van der Waals surface area contributed by atoms with Gasteiger partial charge in [0.05, 0.1) is 23.0 Å². The smallest absolute Gasteiger partial charge is 0.255 e. The molecule has 10 heteroatoms. The lowest BCUT2D eigenvalue weighted by Gasteiger charge is -2.46. The summed E-state index contributed by atoms with van der Waals surface area (Å²) in [4.78, 5) is 42.5. The van der Waals surface area contributed by atoms with Crippen LogP contribution in [-0.4, -0.2) is 82.1 Å². The molecule has 5 rings (SSSR count). The van der Waals surface area contributed by atoms with E-state index >= 15 is 0 Å². The molecule has 0 radical (unpaired) electrons. The van der Waals surface area contributed by atoms with Gasteiger partial charge in [0.25, 0.3) is 11.8 Å². The molecule has 2 aromatic rings. The number of thioether (sulfide) groups is 1. The third kappa shape index (κ3) is 5.05. The van der Waals surface area contributed by atoms with E-state index in [1.54, 1.807) is 19.6 Å². The maximum atomic E-state index is 13.5. The fourth-order valence-corrected chi connectivity index (χ4v) is 7.17. The van der Waals surface area contributed by atoms with Crippen molar-refractivity contribution >= 4 is 40.3 Å². The molecule has 2 atom stereocenters. The number of likely N-dealkylation sites (tertiary alicyclic amines) is 1. The summed E-state index contributed by atoms with van der Waals surface area (Å²) in [7, 11) is 1.80. The van der Waals surface area contributed by atoms with Crippen molar-refractivity contribution in [3.8, 4) is 0 Å². The third-order valence-corrected chi connectivity index (χ3v) is 9.55. The van der Waals surface area contributed by atoms with Crippen LogP contribution in [0.25, 0.3) is 11.0 Å². The molecule has 0 aromatic carbocycles. The quantitative estimate of drug-likeness (QED) is 0.546. The predicted molar refractivity (Wildman–Crippen MR) is 151 cm³/mol. The number of hydrogen-bond donors (Lipinski definition) is 1. The van der Waals surface area contributed by atoms with Gasteiger partial charge in [-0.2, -0.15) is 0 Å². The molecule has 1 unspecified atom stereocenters. The Morgan fingerprint density at radius 3 is 2.66 bits per heavy atom. The van der Waals surface area contributed by atoms with Gasteiger partial charge < -0.3 is 14.6 Å². The first kappa shape index (κ1) is 27.0. The largest absolute Gasteiger partial charge is 0.379 e. The van der Waals surface area contributed by atoms with Crippen LogP contribution < -0.4 is 5.32 Å². The molecule has 0 spiro atoms. The molecule has 2 aliphatic heterocycles. The van der Waals surface area contributed by atoms with Gasteiger partial charge in [0.2, 0.25) is 0 Å². The molecular formula is C28H38N6O3S. The van der Waals surface area contributed by atoms with Crippen LogP contribution in [0, 0.1) is 18.8 Å². The van der Waals surface area contributed by atoms with Crippen LogP contribution >= 0.6 is 11.8 Å². The molecule has 1 N–H and O–H groups in total. The van der Waals surface area contributed by atoms with Gasteiger partial charge in [0.1, 0.15) is 12.0 Å². The number of aromatic nitrogens is 3. The van der Waals surface area contributed by atoms with Crippen molar-refractivity contribution in [2.24, 2.45) is 16.8 Å². The second kappa shape index (κ2) is 11.3. The number of fused-ring (bicyclic) bond motifs is 1. The Morgan fingerprint density at radius 2 is 1.97 bits per heavy atom. The van der Waals surface area contributed by atoms with Crippen LogP contribution in [0.5, 0.6) is 0 Å². The maximum absolute atomic E-state index is 13.5. The highest BCUT2D eigenvalue weighted by Crippen LogP contribution is 2.39. The number of methoxy groups -OCH3 is 1. The summed E-state index contributed by atoms with van der Waals surface area (Å²) in [5.41, 5.74) is 2.97. The Hall–Kier alpha value is -2.56. The summed E-state index contributed by atoms with van der Waals surface area (Å²) in [6.07, 6.45) is 12.2. The van der Waals surface area contributed by atoms with Crippen LogP contribution in [0.3, 0.4) is 0 Å². The molecule has 2 fully saturated rings. The normalized spacial score (nSPS) is 25.6. The number of carbonyl (C=O) groups is 2. The number of amides is 2. The minimum absolute atomic E-state index is 0.207. The van der Waals surface area contributed by atoms with Gasteiger partial charge in [-0.3, -0.25) is 14.5 Å². The molecular weight excluding hydrogens is 500 g/mol. The van der Waals surface area contributed by atoms with Gasteiger partial charge in [-0.05, 0) is 64.7 Å². The van der Waals surface area contributed by atoms with Crippen LogP contribution in [-0.2, 0) is 9.53 Å². The molecule has 1 saturated carbocycles. The van der Waals surface area contributed by atoms with Crippen LogP contribution in [0.2, 0.25) is 0 Å². The summed E-state index contributed by atoms with van der Waals surface area (Å²) in [5, 5.41) is 3.76. The van der Waals surface area contributed by atoms with E-state index in [0.717, 1.165) is 47.6 Å². The molecule has 4 heterocycles. The highest BCUT2D eigenvalue weighted by molar-refractivity contribution is 8.02. The first-order valence-electron chi connectivity index (χ1n) is 13.5. The molecule has 1 aliphatic carbocycles. The second-order valence-corrected chi connectivity index (χ2v) is 11.7. The van der Waals surface area contributed by atoms with Crippen molar-refractivity contribution < 1.29 is 14.3 Å². The van der Waals surface area contributed by atoms with Crippen molar-refractivity contribution in [3.63, 3.8) is 0 Å². The van der Waals surface area contributed by atoms with Gasteiger partial charge in [-0.1, -0.05) is 0 Å². The number of hydrogen-bond acceptors (Lipinski definition) is 7. The van der Waals surface area contributed by atoms with E-state index < -0.39 is 5.92 Å². The van der Waals surface area contributed by atoms with Crippen molar-refractivity contribution in [2.45, 2.75) is 64.6 Å². The molecule has 1 saturated heterocycles. The molecule has 2 amide bonds. The minimum atomic E-state index is -0.456. The average molecular weight is 539 g/mol. The number of rotatable bonds is 8. The number of ether oxygens (including phenoxy) is 1. The summed E-state index contributed by atoms with van der Waals surface area (Å²) >= 11 is 1.52. The molecule has 204 valence electrons. The van der Waals surface area contributed by atoms with Gasteiger partial charge in [-0.25, -0.2) is 15.0 Å². The number of carbonyl (C=O) groups excluding carboxylic acids is 2. The Bertz CT molecular complexity index is 1270. The van der Waals surface area contributed by atoms with E-state index in [1.807, 2.05) is 26.2 Å². The van der Waals surface area contributed by atoms with Gasteiger partial charge >= 0.3 is 0 Å². The van der Waals surface area contributed by atoms with E-state index in [4.69, 9.17) is 4.74 Å². The first-order chi connectivity index (χ1) is 18.3. The van der Waals surface area contributed by atoms with Crippen LogP contribution in [0.4, 0.5) is 0 Å². The molecule has 0 bridgehead atoms. The zero-order valence-electron chi connectivity index (χ0n) is 22.9.